The van der Waals surface area contributed by atoms with Crippen LogP contribution in [0.2, 0.25) is 0 Å². The van der Waals surface area contributed by atoms with E-state index in [2.05, 4.69) is 74.6 Å². The maximum atomic E-state index is 12.7. The van der Waals surface area contributed by atoms with Crippen LogP contribution in [0.25, 0.3) is 0 Å². The van der Waals surface area contributed by atoms with Gasteiger partial charge in [-0.15, -0.1) is 0 Å². The van der Waals surface area contributed by atoms with Crippen molar-refractivity contribution in [1.29, 1.82) is 0 Å². The van der Waals surface area contributed by atoms with Crippen LogP contribution in [0.15, 0.2) is 60.8 Å². The maximum Gasteiger partial charge on any atom is 0.472 e. The highest BCUT2D eigenvalue weighted by Crippen LogP contribution is 2.43. The van der Waals surface area contributed by atoms with Gasteiger partial charge in [-0.05, 0) is 57.8 Å². The molecule has 0 rings (SSSR count). The molecule has 11 heteroatoms. The predicted octanol–water partition coefficient (Wildman–Crippen LogP) is 13.2. The number of carboxylic acids is 1. The Hall–Kier alpha value is -2.33. The van der Waals surface area contributed by atoms with Crippen molar-refractivity contribution in [3.8, 4) is 0 Å². The molecular formula is C48H86NO9P. The summed E-state index contributed by atoms with van der Waals surface area (Å²) >= 11 is 0. The average Bonchev–Trinajstić information content (AvgIpc) is 3.21. The van der Waals surface area contributed by atoms with E-state index in [0.717, 1.165) is 77.0 Å². The van der Waals surface area contributed by atoms with Gasteiger partial charge < -0.3 is 25.2 Å². The third-order valence-corrected chi connectivity index (χ3v) is 10.8. The number of aliphatic carboxylic acids is 1. The molecule has 3 unspecified atom stereocenters. The van der Waals surface area contributed by atoms with Crippen LogP contribution in [0, 0.1) is 0 Å². The van der Waals surface area contributed by atoms with Crippen LogP contribution in [-0.4, -0.2) is 60.5 Å². The number of esters is 1. The fraction of sp³-hybridized carbons (Fsp3) is 0.750. The molecule has 0 aliphatic carbocycles. The number of carbonyl (C=O) groups is 2. The number of rotatable bonds is 44. The molecule has 0 fully saturated rings. The Bertz CT molecular complexity index is 1170. The van der Waals surface area contributed by atoms with E-state index < -0.39 is 45.1 Å². The minimum atomic E-state index is -4.62. The largest absolute Gasteiger partial charge is 0.480 e. The van der Waals surface area contributed by atoms with E-state index in [9.17, 15) is 19.0 Å². The summed E-state index contributed by atoms with van der Waals surface area (Å²) in [7, 11) is -4.62. The van der Waals surface area contributed by atoms with Crippen molar-refractivity contribution in [2.45, 2.75) is 206 Å². The van der Waals surface area contributed by atoms with Crippen LogP contribution < -0.4 is 5.73 Å². The number of nitrogens with two attached hydrogens (primary N) is 1. The summed E-state index contributed by atoms with van der Waals surface area (Å²) in [5.41, 5.74) is 5.36. The first-order valence-electron chi connectivity index (χ1n) is 23.3. The molecule has 0 amide bonds. The Balaban J connectivity index is 4.21. The molecule has 10 nitrogen and oxygen atoms in total. The molecule has 3 atom stereocenters. The lowest BCUT2D eigenvalue weighted by Gasteiger charge is -2.20. The Morgan fingerprint density at radius 3 is 1.47 bits per heavy atom. The summed E-state index contributed by atoms with van der Waals surface area (Å²) in [5.74, 6) is -1.79. The number of carbonyl (C=O) groups excluding carboxylic acids is 1. The molecule has 0 spiro atoms. The monoisotopic (exact) mass is 852 g/mol. The molecule has 0 aromatic rings. The van der Waals surface area contributed by atoms with Crippen molar-refractivity contribution < 1.29 is 42.7 Å². The number of ether oxygens (including phenoxy) is 2. The first-order chi connectivity index (χ1) is 28.7. The van der Waals surface area contributed by atoms with Crippen molar-refractivity contribution in [3.63, 3.8) is 0 Å². The van der Waals surface area contributed by atoms with Crippen molar-refractivity contribution >= 4 is 19.8 Å². The number of unbranched alkanes of at least 4 members (excludes halogenated alkanes) is 20. The number of phosphoric ester groups is 1. The lowest BCUT2D eigenvalue weighted by Crippen LogP contribution is -2.34. The summed E-state index contributed by atoms with van der Waals surface area (Å²) in [6.45, 7) is 3.77. The number of phosphoric acid groups is 1. The van der Waals surface area contributed by atoms with Crippen LogP contribution in [0.4, 0.5) is 0 Å². The third-order valence-electron chi connectivity index (χ3n) is 9.81. The van der Waals surface area contributed by atoms with E-state index in [-0.39, 0.29) is 13.0 Å². The molecule has 0 saturated heterocycles. The molecule has 0 aromatic heterocycles. The standard InChI is InChI=1S/C48H86NO9P/c1-3-5-7-9-11-13-15-17-19-20-21-22-23-24-25-26-27-28-30-32-34-36-38-40-47(50)58-45(43-56-59(53,54)57-44-46(49)48(51)52)42-55-41-39-37-35-33-31-29-18-16-14-12-10-8-6-4-2/h5,7,11,13,17,19,21-22,24-25,45-46H,3-4,6,8-10,12,14-16,18,20,23,26-44,49H2,1-2H3,(H,51,52)(H,53,54)/b7-5-,13-11-,19-17-,22-21-,25-24-. The van der Waals surface area contributed by atoms with Gasteiger partial charge in [-0.2, -0.15) is 0 Å². The van der Waals surface area contributed by atoms with Crippen LogP contribution >= 0.6 is 7.82 Å². The third kappa shape index (κ3) is 43.6. The molecule has 0 heterocycles. The molecule has 0 aromatic carbocycles. The van der Waals surface area contributed by atoms with Gasteiger partial charge in [-0.25, -0.2) is 4.57 Å². The molecule has 0 aliphatic heterocycles. The predicted molar refractivity (Wildman–Crippen MR) is 244 cm³/mol. The molecule has 0 bridgehead atoms. The van der Waals surface area contributed by atoms with Gasteiger partial charge in [-0.3, -0.25) is 18.6 Å². The summed E-state index contributed by atoms with van der Waals surface area (Å²) < 4.78 is 33.4. The lowest BCUT2D eigenvalue weighted by atomic mass is 10.0. The van der Waals surface area contributed by atoms with Crippen molar-refractivity contribution in [2.24, 2.45) is 5.73 Å². The van der Waals surface area contributed by atoms with Crippen LogP contribution in [0.1, 0.15) is 194 Å². The quantitative estimate of drug-likeness (QED) is 0.0233. The van der Waals surface area contributed by atoms with E-state index in [1.165, 1.54) is 89.9 Å². The average molecular weight is 852 g/mol. The van der Waals surface area contributed by atoms with E-state index in [1.807, 2.05) is 0 Å². The zero-order chi connectivity index (χ0) is 43.3. The molecule has 342 valence electrons. The molecular weight excluding hydrogens is 766 g/mol. The van der Waals surface area contributed by atoms with Gasteiger partial charge in [0, 0.05) is 13.0 Å². The molecule has 59 heavy (non-hydrogen) atoms. The highest BCUT2D eigenvalue weighted by Gasteiger charge is 2.27. The first kappa shape index (κ1) is 56.7. The summed E-state index contributed by atoms with van der Waals surface area (Å²) in [4.78, 5) is 33.6. The fourth-order valence-electron chi connectivity index (χ4n) is 6.22. The topological polar surface area (TPSA) is 155 Å². The molecule has 0 radical (unpaired) electrons. The lowest BCUT2D eigenvalue weighted by molar-refractivity contribution is -0.154. The number of hydrogen-bond acceptors (Lipinski definition) is 8. The number of allylic oxidation sites excluding steroid dienone is 10. The zero-order valence-corrected chi connectivity index (χ0v) is 38.2. The highest BCUT2D eigenvalue weighted by molar-refractivity contribution is 7.47. The van der Waals surface area contributed by atoms with Crippen LogP contribution in [-0.2, 0) is 32.7 Å². The van der Waals surface area contributed by atoms with Gasteiger partial charge in [0.25, 0.3) is 0 Å². The van der Waals surface area contributed by atoms with Gasteiger partial charge in [0.15, 0.2) is 0 Å². The van der Waals surface area contributed by atoms with E-state index in [1.54, 1.807) is 0 Å². The summed E-state index contributed by atoms with van der Waals surface area (Å²) in [6, 6.07) is -1.48. The molecule has 4 N–H and O–H groups in total. The van der Waals surface area contributed by atoms with Crippen molar-refractivity contribution in [3.05, 3.63) is 60.8 Å². The van der Waals surface area contributed by atoms with Gasteiger partial charge in [-0.1, -0.05) is 190 Å². The van der Waals surface area contributed by atoms with Crippen molar-refractivity contribution in [2.75, 3.05) is 26.4 Å². The SMILES string of the molecule is CC/C=C\C/C=C\C/C=C\C/C=C\C/C=C\CCCCCCCCCC(=O)OC(COCCCCCCCCCCCCCCCC)COP(=O)(O)OCC(N)C(=O)O. The second-order valence-corrected chi connectivity index (χ2v) is 17.0. The van der Waals surface area contributed by atoms with Crippen molar-refractivity contribution in [1.82, 2.24) is 0 Å². The Morgan fingerprint density at radius 2 is 0.983 bits per heavy atom. The summed E-state index contributed by atoms with van der Waals surface area (Å²) in [5, 5.41) is 8.91. The minimum absolute atomic E-state index is 0.0123. The minimum Gasteiger partial charge on any atom is -0.480 e. The van der Waals surface area contributed by atoms with Gasteiger partial charge >= 0.3 is 19.8 Å². The van der Waals surface area contributed by atoms with E-state index in [0.29, 0.717) is 13.0 Å². The summed E-state index contributed by atoms with van der Waals surface area (Å²) in [6.07, 6.45) is 52.7. The van der Waals surface area contributed by atoms with Crippen LogP contribution in [0.3, 0.4) is 0 Å². The second kappa shape index (κ2) is 43.7. The number of carboxylic acid groups (broad SMARTS) is 1. The van der Waals surface area contributed by atoms with E-state index in [4.69, 9.17) is 29.4 Å². The zero-order valence-electron chi connectivity index (χ0n) is 37.3. The fourth-order valence-corrected chi connectivity index (χ4v) is 7.00. The van der Waals surface area contributed by atoms with Gasteiger partial charge in [0.05, 0.1) is 19.8 Å². The van der Waals surface area contributed by atoms with Gasteiger partial charge in [0.1, 0.15) is 12.1 Å². The normalized spacial score (nSPS) is 14.4. The second-order valence-electron chi connectivity index (χ2n) is 15.5. The van der Waals surface area contributed by atoms with Gasteiger partial charge in [0.2, 0.25) is 0 Å². The highest BCUT2D eigenvalue weighted by atomic mass is 31.2. The molecule has 0 saturated carbocycles. The smallest absolute Gasteiger partial charge is 0.472 e. The Labute approximate surface area is 360 Å². The Morgan fingerprint density at radius 1 is 0.559 bits per heavy atom. The maximum absolute atomic E-state index is 12.7. The number of hydrogen-bond donors (Lipinski definition) is 3. The Kier molecular flexibility index (Phi) is 42.0. The first-order valence-corrected chi connectivity index (χ1v) is 24.8. The molecule has 0 aliphatic rings. The van der Waals surface area contributed by atoms with Crippen LogP contribution in [0.5, 0.6) is 0 Å². The van der Waals surface area contributed by atoms with E-state index >= 15 is 0 Å².